The number of benzene rings is 3. The molecule has 1 aliphatic rings. The number of hydrogen-bond donors (Lipinski definition) is 0. The van der Waals surface area contributed by atoms with Crippen molar-refractivity contribution in [2.24, 2.45) is 4.99 Å². The molecule has 1 heterocycles. The number of hydrogen-bond acceptors (Lipinski definition) is 1. The van der Waals surface area contributed by atoms with E-state index in [1.807, 2.05) is 6.07 Å². The van der Waals surface area contributed by atoms with Crippen molar-refractivity contribution in [3.63, 3.8) is 0 Å². The molecule has 0 aromatic heterocycles. The Bertz CT molecular complexity index is 847. The number of aliphatic imine (C=N–C) groups is 1. The fraction of sp³-hybridized carbons (Fsp3) is 0.0952. The van der Waals surface area contributed by atoms with Crippen molar-refractivity contribution < 1.29 is 0 Å². The highest BCUT2D eigenvalue weighted by molar-refractivity contribution is 6.09. The summed E-state index contributed by atoms with van der Waals surface area (Å²) in [5.74, 6) is 0.269. The first-order valence-corrected chi connectivity index (χ1v) is 7.67. The summed E-state index contributed by atoms with van der Waals surface area (Å²) in [5.41, 5.74) is 7.24. The second-order valence-corrected chi connectivity index (χ2v) is 5.69. The van der Waals surface area contributed by atoms with Crippen molar-refractivity contribution in [2.45, 2.75) is 12.8 Å². The molecule has 22 heavy (non-hydrogen) atoms. The largest absolute Gasteiger partial charge is 0.252 e. The molecule has 1 atom stereocenters. The molecule has 0 spiro atoms. The molecular weight excluding hydrogens is 266 g/mol. The normalized spacial score (nSPS) is 16.2. The van der Waals surface area contributed by atoms with Crippen LogP contribution >= 0.6 is 0 Å². The maximum atomic E-state index is 5.02. The van der Waals surface area contributed by atoms with Crippen molar-refractivity contribution in [2.75, 3.05) is 0 Å². The van der Waals surface area contributed by atoms with Gasteiger partial charge in [0.25, 0.3) is 0 Å². The summed E-state index contributed by atoms with van der Waals surface area (Å²) >= 11 is 0. The van der Waals surface area contributed by atoms with Crippen LogP contribution in [0.25, 0.3) is 11.1 Å². The molecule has 4 rings (SSSR count). The van der Waals surface area contributed by atoms with Crippen LogP contribution in [0, 0.1) is 0 Å². The summed E-state index contributed by atoms with van der Waals surface area (Å²) in [6.45, 7) is 2.25. The lowest BCUT2D eigenvalue weighted by molar-refractivity contribution is 1.03. The maximum Gasteiger partial charge on any atom is 0.0711 e. The van der Waals surface area contributed by atoms with Crippen LogP contribution in [0.5, 0.6) is 0 Å². The highest BCUT2D eigenvalue weighted by atomic mass is 14.8. The van der Waals surface area contributed by atoms with E-state index in [0.717, 1.165) is 11.4 Å². The van der Waals surface area contributed by atoms with E-state index in [9.17, 15) is 0 Å². The summed E-state index contributed by atoms with van der Waals surface area (Å²) in [6.07, 6.45) is 0. The number of para-hydroxylation sites is 1. The van der Waals surface area contributed by atoms with E-state index in [2.05, 4.69) is 79.7 Å². The Labute approximate surface area is 131 Å². The average molecular weight is 283 g/mol. The molecule has 0 unspecified atom stereocenters. The Morgan fingerprint density at radius 2 is 1.32 bits per heavy atom. The average Bonchev–Trinajstić information content (AvgIpc) is 2.72. The van der Waals surface area contributed by atoms with E-state index in [1.165, 1.54) is 22.3 Å². The highest BCUT2D eigenvalue weighted by Crippen LogP contribution is 2.40. The molecule has 106 valence electrons. The molecule has 0 aliphatic carbocycles. The molecule has 3 aromatic rings. The highest BCUT2D eigenvalue weighted by Gasteiger charge is 2.23. The van der Waals surface area contributed by atoms with Crippen molar-refractivity contribution in [3.8, 4) is 11.1 Å². The van der Waals surface area contributed by atoms with Crippen molar-refractivity contribution in [1.82, 2.24) is 0 Å². The minimum Gasteiger partial charge on any atom is -0.252 e. The minimum absolute atomic E-state index is 0.269. The zero-order valence-corrected chi connectivity index (χ0v) is 12.5. The van der Waals surface area contributed by atoms with Crippen LogP contribution in [0.3, 0.4) is 0 Å². The van der Waals surface area contributed by atoms with Gasteiger partial charge in [-0.2, -0.15) is 0 Å². The van der Waals surface area contributed by atoms with Gasteiger partial charge in [0.1, 0.15) is 0 Å². The molecule has 1 nitrogen and oxygen atoms in total. The summed E-state index contributed by atoms with van der Waals surface area (Å²) in [7, 11) is 0. The second kappa shape index (κ2) is 5.27. The first-order chi connectivity index (χ1) is 10.8. The minimum atomic E-state index is 0.269. The van der Waals surface area contributed by atoms with E-state index in [0.29, 0.717) is 0 Å². The molecule has 0 amide bonds. The first-order valence-electron chi connectivity index (χ1n) is 7.67. The van der Waals surface area contributed by atoms with Gasteiger partial charge < -0.3 is 0 Å². The Balaban J connectivity index is 2.02. The van der Waals surface area contributed by atoms with Gasteiger partial charge >= 0.3 is 0 Å². The third-order valence-electron chi connectivity index (χ3n) is 4.34. The van der Waals surface area contributed by atoms with E-state index in [4.69, 9.17) is 4.99 Å². The molecule has 1 aliphatic heterocycles. The summed E-state index contributed by atoms with van der Waals surface area (Å²) in [5, 5.41) is 0. The fourth-order valence-electron chi connectivity index (χ4n) is 3.22. The molecule has 0 bridgehead atoms. The third kappa shape index (κ3) is 2.06. The van der Waals surface area contributed by atoms with Gasteiger partial charge in [0.15, 0.2) is 0 Å². The van der Waals surface area contributed by atoms with Crippen LogP contribution in [0.2, 0.25) is 0 Å². The van der Waals surface area contributed by atoms with E-state index < -0.39 is 0 Å². The van der Waals surface area contributed by atoms with Gasteiger partial charge in [-0.1, -0.05) is 79.7 Å². The topological polar surface area (TPSA) is 12.4 Å². The van der Waals surface area contributed by atoms with Gasteiger partial charge in [0.05, 0.1) is 11.4 Å². The third-order valence-corrected chi connectivity index (χ3v) is 4.34. The van der Waals surface area contributed by atoms with Gasteiger partial charge in [-0.15, -0.1) is 0 Å². The van der Waals surface area contributed by atoms with Crippen LogP contribution in [0.4, 0.5) is 5.69 Å². The van der Waals surface area contributed by atoms with Crippen LogP contribution in [-0.4, -0.2) is 5.71 Å². The quantitative estimate of drug-likeness (QED) is 0.552. The molecule has 1 heteroatoms. The lowest BCUT2D eigenvalue weighted by atomic mass is 9.87. The zero-order valence-electron chi connectivity index (χ0n) is 12.5. The SMILES string of the molecule is C[C@@H]1C(c2ccccc2)=Nc2ccccc2-c2ccccc21. The molecule has 0 radical (unpaired) electrons. The number of fused-ring (bicyclic) bond motifs is 3. The van der Waals surface area contributed by atoms with Gasteiger partial charge in [-0.25, -0.2) is 0 Å². The zero-order chi connectivity index (χ0) is 14.9. The Kier molecular flexibility index (Phi) is 3.12. The monoisotopic (exact) mass is 283 g/mol. The molecule has 0 fully saturated rings. The standard InChI is InChI=1S/C21H17N/c1-15-17-11-5-6-12-18(17)19-13-7-8-14-20(19)22-21(15)16-9-3-2-4-10-16/h2-15H,1H3/t15-/m0/s1. The summed E-state index contributed by atoms with van der Waals surface area (Å²) in [6, 6.07) is 27.6. The predicted molar refractivity (Wildman–Crippen MR) is 92.9 cm³/mol. The van der Waals surface area contributed by atoms with Crippen LogP contribution < -0.4 is 0 Å². The summed E-state index contributed by atoms with van der Waals surface area (Å²) < 4.78 is 0. The van der Waals surface area contributed by atoms with Crippen molar-refractivity contribution in [3.05, 3.63) is 90.0 Å². The fourth-order valence-corrected chi connectivity index (χ4v) is 3.22. The van der Waals surface area contributed by atoms with Gasteiger partial charge in [0, 0.05) is 11.5 Å². The molecular formula is C21H17N. The van der Waals surface area contributed by atoms with Crippen molar-refractivity contribution >= 4 is 11.4 Å². The first kappa shape index (κ1) is 13.0. The molecule has 0 N–H and O–H groups in total. The van der Waals surface area contributed by atoms with Crippen LogP contribution in [-0.2, 0) is 0 Å². The predicted octanol–water partition coefficient (Wildman–Crippen LogP) is 5.59. The second-order valence-electron chi connectivity index (χ2n) is 5.69. The molecule has 3 aromatic carbocycles. The Morgan fingerprint density at radius 1 is 0.682 bits per heavy atom. The lowest BCUT2D eigenvalue weighted by Gasteiger charge is -2.16. The lowest BCUT2D eigenvalue weighted by Crippen LogP contribution is -2.10. The summed E-state index contributed by atoms with van der Waals surface area (Å²) in [4.78, 5) is 5.02. The maximum absolute atomic E-state index is 5.02. The van der Waals surface area contributed by atoms with Gasteiger partial charge in [-0.05, 0) is 22.8 Å². The van der Waals surface area contributed by atoms with Gasteiger partial charge in [-0.3, -0.25) is 4.99 Å². The van der Waals surface area contributed by atoms with Gasteiger partial charge in [0.2, 0.25) is 0 Å². The Morgan fingerprint density at radius 3 is 2.14 bits per heavy atom. The smallest absolute Gasteiger partial charge is 0.0711 e. The van der Waals surface area contributed by atoms with Crippen LogP contribution in [0.15, 0.2) is 83.9 Å². The Hall–Kier alpha value is -2.67. The van der Waals surface area contributed by atoms with E-state index in [1.54, 1.807) is 0 Å². The number of nitrogens with zero attached hydrogens (tertiary/aromatic N) is 1. The van der Waals surface area contributed by atoms with Crippen LogP contribution in [0.1, 0.15) is 24.0 Å². The molecule has 0 saturated carbocycles. The van der Waals surface area contributed by atoms with E-state index >= 15 is 0 Å². The molecule has 0 saturated heterocycles. The van der Waals surface area contributed by atoms with Crippen molar-refractivity contribution in [1.29, 1.82) is 0 Å². The number of rotatable bonds is 1. The van der Waals surface area contributed by atoms with E-state index in [-0.39, 0.29) is 5.92 Å².